The molecule has 0 aliphatic carbocycles. The van der Waals surface area contributed by atoms with Crippen LogP contribution in [0.5, 0.6) is 0 Å². The van der Waals surface area contributed by atoms with E-state index in [1.165, 1.54) is 5.38 Å². The summed E-state index contributed by atoms with van der Waals surface area (Å²) in [6, 6.07) is 5.99. The zero-order valence-corrected chi connectivity index (χ0v) is 14.2. The topological polar surface area (TPSA) is 83.5 Å². The Kier molecular flexibility index (Phi) is 4.57. The number of carboxylic acids is 1. The molecule has 0 amide bonds. The van der Waals surface area contributed by atoms with Gasteiger partial charge in [-0.25, -0.2) is 13.2 Å². The molecule has 2 N–H and O–H groups in total. The van der Waals surface area contributed by atoms with Crippen LogP contribution >= 0.6 is 45.5 Å². The Morgan fingerprint density at radius 3 is 2.60 bits per heavy atom. The number of hydrogen-bond acceptors (Lipinski definition) is 4. The van der Waals surface area contributed by atoms with Gasteiger partial charge in [0.2, 0.25) is 0 Å². The van der Waals surface area contributed by atoms with E-state index in [2.05, 4.69) is 27.3 Å². The standard InChI is InChI=1S/C11H7ClINO4S2/c12-8-4-7(13)1-2-9(8)14-20(17,18)10-3-6(5-19-10)11(15)16/h1-5,14H,(H,15,16). The van der Waals surface area contributed by atoms with Crippen molar-refractivity contribution in [1.82, 2.24) is 0 Å². The number of sulfonamides is 1. The van der Waals surface area contributed by atoms with Gasteiger partial charge in [-0.3, -0.25) is 4.72 Å². The van der Waals surface area contributed by atoms with E-state index in [-0.39, 0.29) is 20.5 Å². The summed E-state index contributed by atoms with van der Waals surface area (Å²) in [6.07, 6.45) is 0. The number of halogens is 2. The van der Waals surface area contributed by atoms with E-state index in [4.69, 9.17) is 16.7 Å². The summed E-state index contributed by atoms with van der Waals surface area (Å²) in [7, 11) is -3.84. The van der Waals surface area contributed by atoms with Crippen molar-refractivity contribution in [2.45, 2.75) is 4.21 Å². The average molecular weight is 444 g/mol. The number of anilines is 1. The predicted molar refractivity (Wildman–Crippen MR) is 86.3 cm³/mol. The maximum absolute atomic E-state index is 12.1. The Balaban J connectivity index is 2.33. The van der Waals surface area contributed by atoms with E-state index in [0.717, 1.165) is 21.0 Å². The van der Waals surface area contributed by atoms with Crippen LogP contribution in [-0.2, 0) is 10.0 Å². The summed E-state index contributed by atoms with van der Waals surface area (Å²) in [5.41, 5.74) is 0.182. The first kappa shape index (κ1) is 15.5. The Hall–Kier alpha value is -0.840. The SMILES string of the molecule is O=C(O)c1csc(S(=O)(=O)Nc2ccc(I)cc2Cl)c1. The first-order chi connectivity index (χ1) is 9.29. The number of carbonyl (C=O) groups is 1. The minimum absolute atomic E-state index is 0.0657. The molecule has 20 heavy (non-hydrogen) atoms. The van der Waals surface area contributed by atoms with E-state index >= 15 is 0 Å². The van der Waals surface area contributed by atoms with Gasteiger partial charge >= 0.3 is 5.97 Å². The molecular weight excluding hydrogens is 437 g/mol. The Labute approximate surface area is 137 Å². The van der Waals surface area contributed by atoms with Gasteiger partial charge in [0.1, 0.15) is 4.21 Å². The molecule has 106 valence electrons. The van der Waals surface area contributed by atoms with Crippen LogP contribution in [0.25, 0.3) is 0 Å². The largest absolute Gasteiger partial charge is 0.478 e. The minimum Gasteiger partial charge on any atom is -0.478 e. The molecule has 0 aliphatic heterocycles. The number of nitrogens with one attached hydrogen (secondary N) is 1. The molecule has 0 saturated heterocycles. The summed E-state index contributed by atoms with van der Waals surface area (Å²) >= 11 is 8.85. The van der Waals surface area contributed by atoms with Gasteiger partial charge in [0.05, 0.1) is 16.3 Å². The molecule has 0 fully saturated rings. The highest BCUT2D eigenvalue weighted by molar-refractivity contribution is 14.1. The van der Waals surface area contributed by atoms with Gasteiger partial charge in [-0.15, -0.1) is 11.3 Å². The molecular formula is C11H7ClINO4S2. The molecule has 0 bridgehead atoms. The summed E-state index contributed by atoms with van der Waals surface area (Å²) < 4.78 is 27.4. The van der Waals surface area contributed by atoms with Crippen LogP contribution in [0.4, 0.5) is 5.69 Å². The first-order valence-electron chi connectivity index (χ1n) is 5.09. The van der Waals surface area contributed by atoms with Crippen molar-refractivity contribution in [3.63, 3.8) is 0 Å². The van der Waals surface area contributed by atoms with Crippen molar-refractivity contribution in [3.05, 3.63) is 43.8 Å². The molecule has 0 unspecified atom stereocenters. The lowest BCUT2D eigenvalue weighted by Gasteiger charge is -2.08. The maximum atomic E-state index is 12.1. The lowest BCUT2D eigenvalue weighted by atomic mass is 10.3. The third-order valence-corrected chi connectivity index (χ3v) is 6.05. The van der Waals surface area contributed by atoms with Crippen molar-refractivity contribution in [3.8, 4) is 0 Å². The monoisotopic (exact) mass is 443 g/mol. The third kappa shape index (κ3) is 3.43. The molecule has 1 aromatic heterocycles. The van der Waals surface area contributed by atoms with Crippen LogP contribution in [0.2, 0.25) is 5.02 Å². The van der Waals surface area contributed by atoms with Gasteiger partial charge in [0.25, 0.3) is 10.0 Å². The molecule has 2 aromatic rings. The highest BCUT2D eigenvalue weighted by Crippen LogP contribution is 2.28. The zero-order valence-electron chi connectivity index (χ0n) is 9.63. The lowest BCUT2D eigenvalue weighted by molar-refractivity contribution is 0.0697. The van der Waals surface area contributed by atoms with Crippen LogP contribution in [0, 0.1) is 3.57 Å². The number of aromatic carboxylic acids is 1. The average Bonchev–Trinajstić information content (AvgIpc) is 2.83. The lowest BCUT2D eigenvalue weighted by Crippen LogP contribution is -2.12. The molecule has 0 spiro atoms. The van der Waals surface area contributed by atoms with Gasteiger partial charge in [-0.1, -0.05) is 11.6 Å². The van der Waals surface area contributed by atoms with Crippen molar-refractivity contribution >= 4 is 67.2 Å². The molecule has 0 saturated carbocycles. The third-order valence-electron chi connectivity index (χ3n) is 2.26. The Bertz CT molecular complexity index is 772. The van der Waals surface area contributed by atoms with Gasteiger partial charge in [0.15, 0.2) is 0 Å². The highest BCUT2D eigenvalue weighted by Gasteiger charge is 2.20. The van der Waals surface area contributed by atoms with Gasteiger partial charge in [-0.05, 0) is 46.9 Å². The van der Waals surface area contributed by atoms with Crippen molar-refractivity contribution in [1.29, 1.82) is 0 Å². The van der Waals surface area contributed by atoms with E-state index < -0.39 is 16.0 Å². The fourth-order valence-corrected chi connectivity index (χ4v) is 4.53. The maximum Gasteiger partial charge on any atom is 0.336 e. The van der Waals surface area contributed by atoms with Crippen LogP contribution in [0.1, 0.15) is 10.4 Å². The van der Waals surface area contributed by atoms with E-state index in [9.17, 15) is 13.2 Å². The summed E-state index contributed by atoms with van der Waals surface area (Å²) in [4.78, 5) is 10.8. The van der Waals surface area contributed by atoms with Crippen molar-refractivity contribution < 1.29 is 18.3 Å². The van der Waals surface area contributed by atoms with Crippen LogP contribution in [0.15, 0.2) is 33.9 Å². The van der Waals surface area contributed by atoms with Gasteiger partial charge in [-0.2, -0.15) is 0 Å². The quantitative estimate of drug-likeness (QED) is 0.709. The number of carboxylic acid groups (broad SMARTS) is 1. The normalized spacial score (nSPS) is 11.3. The molecule has 0 atom stereocenters. The summed E-state index contributed by atoms with van der Waals surface area (Å²) in [5, 5.41) is 10.3. The fourth-order valence-electron chi connectivity index (χ4n) is 1.34. The smallest absolute Gasteiger partial charge is 0.336 e. The molecule has 9 heteroatoms. The molecule has 0 radical (unpaired) electrons. The zero-order chi connectivity index (χ0) is 14.9. The van der Waals surface area contributed by atoms with E-state index in [0.29, 0.717) is 0 Å². The van der Waals surface area contributed by atoms with Crippen molar-refractivity contribution in [2.24, 2.45) is 0 Å². The molecule has 5 nitrogen and oxygen atoms in total. The first-order valence-corrected chi connectivity index (χ1v) is 8.91. The Morgan fingerprint density at radius 2 is 2.05 bits per heavy atom. The highest BCUT2D eigenvalue weighted by atomic mass is 127. The predicted octanol–water partition coefficient (Wildman–Crippen LogP) is 3.51. The van der Waals surface area contributed by atoms with E-state index in [1.807, 2.05) is 0 Å². The Morgan fingerprint density at radius 1 is 1.35 bits per heavy atom. The fraction of sp³-hybridized carbons (Fsp3) is 0. The van der Waals surface area contributed by atoms with Crippen LogP contribution in [-0.4, -0.2) is 19.5 Å². The summed E-state index contributed by atoms with van der Waals surface area (Å²) in [6.45, 7) is 0. The van der Waals surface area contributed by atoms with E-state index in [1.54, 1.807) is 18.2 Å². The number of thiophene rings is 1. The molecule has 2 rings (SSSR count). The second kappa shape index (κ2) is 5.88. The number of hydrogen-bond donors (Lipinski definition) is 2. The number of rotatable bonds is 4. The molecule has 1 heterocycles. The van der Waals surface area contributed by atoms with Gasteiger partial charge in [0, 0.05) is 8.95 Å². The van der Waals surface area contributed by atoms with Crippen molar-refractivity contribution in [2.75, 3.05) is 4.72 Å². The molecule has 1 aromatic carbocycles. The van der Waals surface area contributed by atoms with Crippen LogP contribution in [0.3, 0.4) is 0 Å². The second-order valence-corrected chi connectivity index (χ2v) is 8.16. The molecule has 0 aliphatic rings. The summed E-state index contributed by atoms with van der Waals surface area (Å²) in [5.74, 6) is -1.17. The minimum atomic E-state index is -3.84. The second-order valence-electron chi connectivity index (χ2n) is 3.69. The number of benzene rings is 1. The van der Waals surface area contributed by atoms with Gasteiger partial charge < -0.3 is 5.11 Å². The van der Waals surface area contributed by atoms with Crippen LogP contribution < -0.4 is 4.72 Å².